The van der Waals surface area contributed by atoms with Gasteiger partial charge in [0.25, 0.3) is 0 Å². The average Bonchev–Trinajstić information content (AvgIpc) is 3.17. The third kappa shape index (κ3) is 4.46. The van der Waals surface area contributed by atoms with Crippen molar-refractivity contribution in [2.45, 2.75) is 43.9 Å². The van der Waals surface area contributed by atoms with Gasteiger partial charge in [-0.05, 0) is 38.9 Å². The van der Waals surface area contributed by atoms with E-state index >= 15 is 0 Å². The van der Waals surface area contributed by atoms with Crippen LogP contribution in [-0.4, -0.2) is 111 Å². The number of likely N-dealkylation sites (tertiary alicyclic amines) is 2. The van der Waals surface area contributed by atoms with Crippen molar-refractivity contribution in [2.75, 3.05) is 61.5 Å². The van der Waals surface area contributed by atoms with Crippen molar-refractivity contribution >= 4 is 11.8 Å². The Hall–Kier alpha value is -1.18. The van der Waals surface area contributed by atoms with Gasteiger partial charge in [0.1, 0.15) is 0 Å². The first-order valence-corrected chi connectivity index (χ1v) is 10.2. The van der Waals surface area contributed by atoms with Crippen LogP contribution in [0.3, 0.4) is 0 Å². The molecule has 0 spiro atoms. The van der Waals surface area contributed by atoms with E-state index in [0.717, 1.165) is 19.6 Å². The number of carbonyl (C=O) groups excluding carboxylic acids is 2. The van der Waals surface area contributed by atoms with Crippen LogP contribution in [0.15, 0.2) is 0 Å². The van der Waals surface area contributed by atoms with Gasteiger partial charge in [-0.3, -0.25) is 14.5 Å². The summed E-state index contributed by atoms with van der Waals surface area (Å²) in [5, 5.41) is 0. The predicted molar refractivity (Wildman–Crippen MR) is 104 cm³/mol. The number of piperidine rings is 1. The minimum absolute atomic E-state index is 0.0684. The van der Waals surface area contributed by atoms with Gasteiger partial charge in [-0.25, -0.2) is 0 Å². The Morgan fingerprint density at radius 2 is 1.59 bits per heavy atom. The molecule has 3 fully saturated rings. The van der Waals surface area contributed by atoms with Crippen molar-refractivity contribution in [3.63, 3.8) is 0 Å². The standard InChI is InChI=1S/C20H36N4O3/c1-21(2)18(25)10-14-12-24(15-6-8-23(5)9-7-15)16-13-27-17(20(14)16)11-19(26)22(3)4/h14-17,20H,6-13H2,1-5H3/t14-,16-,17+,20-/m1/s1. The van der Waals surface area contributed by atoms with Gasteiger partial charge in [0.05, 0.1) is 19.1 Å². The highest BCUT2D eigenvalue weighted by Gasteiger charge is 2.52. The van der Waals surface area contributed by atoms with E-state index < -0.39 is 0 Å². The lowest BCUT2D eigenvalue weighted by Gasteiger charge is -2.37. The van der Waals surface area contributed by atoms with E-state index in [4.69, 9.17) is 4.74 Å². The monoisotopic (exact) mass is 380 g/mol. The van der Waals surface area contributed by atoms with Crippen LogP contribution in [0.25, 0.3) is 0 Å². The van der Waals surface area contributed by atoms with Crippen molar-refractivity contribution in [1.82, 2.24) is 19.6 Å². The second-order valence-electron chi connectivity index (χ2n) is 8.99. The van der Waals surface area contributed by atoms with Crippen molar-refractivity contribution < 1.29 is 14.3 Å². The molecule has 0 aromatic heterocycles. The molecule has 0 aromatic carbocycles. The zero-order valence-corrected chi connectivity index (χ0v) is 17.6. The molecule has 0 bridgehead atoms. The SMILES string of the molecule is CN1CCC(N2C[C@@H](CC(=O)N(C)C)[C@H]3[C@H](CC(=O)N(C)C)OC[C@H]32)CC1. The number of rotatable bonds is 5. The third-order valence-corrected chi connectivity index (χ3v) is 6.74. The number of hydrogen-bond donors (Lipinski definition) is 0. The Kier molecular flexibility index (Phi) is 6.43. The first-order chi connectivity index (χ1) is 12.8. The Balaban J connectivity index is 1.74. The quantitative estimate of drug-likeness (QED) is 0.689. The van der Waals surface area contributed by atoms with Gasteiger partial charge in [-0.2, -0.15) is 0 Å². The molecule has 0 unspecified atom stereocenters. The summed E-state index contributed by atoms with van der Waals surface area (Å²) in [5.74, 6) is 0.828. The van der Waals surface area contributed by atoms with Crippen LogP contribution >= 0.6 is 0 Å². The normalized spacial score (nSPS) is 32.5. The van der Waals surface area contributed by atoms with Crippen LogP contribution in [0, 0.1) is 11.8 Å². The van der Waals surface area contributed by atoms with Crippen LogP contribution in [0.5, 0.6) is 0 Å². The van der Waals surface area contributed by atoms with Gasteiger partial charge >= 0.3 is 0 Å². The van der Waals surface area contributed by atoms with Crippen molar-refractivity contribution in [3.05, 3.63) is 0 Å². The highest BCUT2D eigenvalue weighted by Crippen LogP contribution is 2.43. The molecule has 0 aromatic rings. The summed E-state index contributed by atoms with van der Waals surface area (Å²) in [6, 6.07) is 0.915. The van der Waals surface area contributed by atoms with Crippen LogP contribution < -0.4 is 0 Å². The molecule has 0 saturated carbocycles. The molecular formula is C20H36N4O3. The fourth-order valence-electron chi connectivity index (χ4n) is 5.06. The fraction of sp³-hybridized carbons (Fsp3) is 0.900. The third-order valence-electron chi connectivity index (χ3n) is 6.74. The second-order valence-corrected chi connectivity index (χ2v) is 8.99. The summed E-state index contributed by atoms with van der Waals surface area (Å²) in [6.45, 7) is 3.90. The van der Waals surface area contributed by atoms with E-state index in [2.05, 4.69) is 16.8 Å². The van der Waals surface area contributed by atoms with E-state index in [1.807, 2.05) is 14.1 Å². The Morgan fingerprint density at radius 1 is 1.00 bits per heavy atom. The van der Waals surface area contributed by atoms with Gasteiger partial charge in [-0.1, -0.05) is 0 Å². The summed E-state index contributed by atoms with van der Waals surface area (Å²) < 4.78 is 6.13. The molecule has 3 saturated heterocycles. The van der Waals surface area contributed by atoms with E-state index in [0.29, 0.717) is 31.5 Å². The molecule has 154 valence electrons. The summed E-state index contributed by atoms with van der Waals surface area (Å²) in [4.78, 5) is 33.1. The van der Waals surface area contributed by atoms with Crippen LogP contribution in [0.1, 0.15) is 25.7 Å². The number of carbonyl (C=O) groups is 2. The minimum Gasteiger partial charge on any atom is -0.376 e. The molecule has 0 N–H and O–H groups in total. The van der Waals surface area contributed by atoms with Gasteiger partial charge in [-0.15, -0.1) is 0 Å². The number of hydrogen-bond acceptors (Lipinski definition) is 5. The molecule has 0 radical (unpaired) electrons. The van der Waals surface area contributed by atoms with E-state index in [1.165, 1.54) is 12.8 Å². The van der Waals surface area contributed by atoms with Gasteiger partial charge < -0.3 is 19.4 Å². The van der Waals surface area contributed by atoms with Crippen molar-refractivity contribution in [1.29, 1.82) is 0 Å². The molecule has 27 heavy (non-hydrogen) atoms. The minimum atomic E-state index is -0.0684. The van der Waals surface area contributed by atoms with Crippen molar-refractivity contribution in [2.24, 2.45) is 11.8 Å². The highest BCUT2D eigenvalue weighted by molar-refractivity contribution is 5.77. The van der Waals surface area contributed by atoms with Crippen LogP contribution in [0.4, 0.5) is 0 Å². The number of amides is 2. The first-order valence-electron chi connectivity index (χ1n) is 10.2. The number of nitrogens with zero attached hydrogens (tertiary/aromatic N) is 4. The highest BCUT2D eigenvalue weighted by atomic mass is 16.5. The van der Waals surface area contributed by atoms with E-state index in [9.17, 15) is 9.59 Å². The molecule has 4 atom stereocenters. The predicted octanol–water partition coefficient (Wildman–Crippen LogP) is 0.353. The van der Waals surface area contributed by atoms with Crippen LogP contribution in [0.2, 0.25) is 0 Å². The Morgan fingerprint density at radius 3 is 2.19 bits per heavy atom. The number of ether oxygens (including phenoxy) is 1. The molecule has 3 aliphatic rings. The molecular weight excluding hydrogens is 344 g/mol. The van der Waals surface area contributed by atoms with Gasteiger partial charge in [0.2, 0.25) is 11.8 Å². The lowest BCUT2D eigenvalue weighted by molar-refractivity contribution is -0.131. The average molecular weight is 381 g/mol. The lowest BCUT2D eigenvalue weighted by atomic mass is 9.84. The maximum atomic E-state index is 12.4. The maximum absolute atomic E-state index is 12.4. The Labute approximate surface area is 163 Å². The summed E-state index contributed by atoms with van der Waals surface area (Å²) in [7, 11) is 9.41. The lowest BCUT2D eigenvalue weighted by Crippen LogP contribution is -2.47. The zero-order chi connectivity index (χ0) is 19.7. The molecule has 3 aliphatic heterocycles. The smallest absolute Gasteiger partial charge is 0.224 e. The maximum Gasteiger partial charge on any atom is 0.224 e. The molecule has 7 heteroatoms. The molecule has 3 rings (SSSR count). The summed E-state index contributed by atoms with van der Waals surface area (Å²) >= 11 is 0. The largest absolute Gasteiger partial charge is 0.376 e. The first kappa shape index (κ1) is 20.6. The fourth-order valence-corrected chi connectivity index (χ4v) is 5.06. The Bertz CT molecular complexity index is 545. The van der Waals surface area contributed by atoms with Gasteiger partial charge in [0.15, 0.2) is 0 Å². The summed E-state index contributed by atoms with van der Waals surface area (Å²) in [6.07, 6.45) is 3.25. The molecule has 3 heterocycles. The van der Waals surface area contributed by atoms with Gasteiger partial charge in [0, 0.05) is 59.2 Å². The van der Waals surface area contributed by atoms with E-state index in [-0.39, 0.29) is 29.8 Å². The molecule has 0 aliphatic carbocycles. The molecule has 2 amide bonds. The zero-order valence-electron chi connectivity index (χ0n) is 17.6. The second kappa shape index (κ2) is 8.45. The van der Waals surface area contributed by atoms with E-state index in [1.54, 1.807) is 23.9 Å². The van der Waals surface area contributed by atoms with Crippen LogP contribution in [-0.2, 0) is 14.3 Å². The molecule has 7 nitrogen and oxygen atoms in total. The number of fused-ring (bicyclic) bond motifs is 1. The van der Waals surface area contributed by atoms with Crippen molar-refractivity contribution in [3.8, 4) is 0 Å². The topological polar surface area (TPSA) is 56.3 Å². The summed E-state index contributed by atoms with van der Waals surface area (Å²) in [5.41, 5.74) is 0.